The van der Waals surface area contributed by atoms with Gasteiger partial charge in [-0.1, -0.05) is 56.1 Å². The monoisotopic (exact) mass is 1170 g/mol. The number of likely N-dealkylation sites (tertiary alicyclic amines) is 1. The lowest BCUT2D eigenvalue weighted by Crippen LogP contribution is -2.61. The molecule has 3 aromatic rings. The number of nitrogens with zero attached hydrogens (tertiary/aromatic N) is 4. The summed E-state index contributed by atoms with van der Waals surface area (Å²) in [5.74, 6) is 2.31. The summed E-state index contributed by atoms with van der Waals surface area (Å²) in [6, 6.07) is 4.03. The number of likely N-dealkylation sites (N-methyl/N-ethyl adjacent to an activating group) is 1. The summed E-state index contributed by atoms with van der Waals surface area (Å²) in [6.45, 7) is 1.69. The van der Waals surface area contributed by atoms with Crippen LogP contribution in [0.1, 0.15) is 146 Å². The van der Waals surface area contributed by atoms with E-state index in [1.165, 1.54) is 21.9 Å². The highest BCUT2D eigenvalue weighted by molar-refractivity contribution is 7.52. The molecule has 6 aliphatic rings. The van der Waals surface area contributed by atoms with E-state index in [0.29, 0.717) is 74.0 Å². The van der Waals surface area contributed by atoms with Gasteiger partial charge in [0.15, 0.2) is 0 Å². The number of halogens is 2. The topological polar surface area (TPSA) is 298 Å². The molecule has 6 heterocycles. The molecular formula is C57H70F2N9O12PS. The molecule has 5 fully saturated rings. The Balaban J connectivity index is 0.829. The van der Waals surface area contributed by atoms with Crippen LogP contribution < -0.4 is 27.0 Å². The van der Waals surface area contributed by atoms with Crippen LogP contribution in [0.3, 0.4) is 0 Å². The van der Waals surface area contributed by atoms with Gasteiger partial charge in [0.05, 0.1) is 4.88 Å². The van der Waals surface area contributed by atoms with Crippen LogP contribution in [0.2, 0.25) is 0 Å². The second-order valence-electron chi connectivity index (χ2n) is 22.7. The Kier molecular flexibility index (Phi) is 18.6. The lowest BCUT2D eigenvalue weighted by Gasteiger charge is -2.38. The second-order valence-corrected chi connectivity index (χ2v) is 25.5. The summed E-state index contributed by atoms with van der Waals surface area (Å²) in [7, 11) is -4.08. The van der Waals surface area contributed by atoms with Crippen LogP contribution in [0.15, 0.2) is 42.5 Å². The molecular weight excluding hydrogens is 1100 g/mol. The minimum Gasteiger partial charge on any atom is -0.370 e. The average Bonchev–Trinajstić information content (AvgIpc) is 4.34. The Hall–Kier alpha value is -6.64. The van der Waals surface area contributed by atoms with Crippen molar-refractivity contribution in [1.29, 1.82) is 0 Å². The summed E-state index contributed by atoms with van der Waals surface area (Å²) >= 11 is 0.932. The highest BCUT2D eigenvalue weighted by Gasteiger charge is 2.51. The van der Waals surface area contributed by atoms with Crippen molar-refractivity contribution in [3.63, 3.8) is 0 Å². The number of carbonyl (C=O) groups excluding carboxylic acids is 9. The van der Waals surface area contributed by atoms with Crippen LogP contribution in [-0.2, 0) is 50.3 Å². The summed E-state index contributed by atoms with van der Waals surface area (Å²) in [5.41, 5.74) is 2.14. The molecule has 0 radical (unpaired) electrons. The molecule has 1 aromatic heterocycles. The summed E-state index contributed by atoms with van der Waals surface area (Å²) < 4.78 is 41.1. The van der Waals surface area contributed by atoms with Crippen molar-refractivity contribution in [3.8, 4) is 11.8 Å². The lowest BCUT2D eigenvalue weighted by atomic mass is 9.84. The number of primary amides is 1. The molecule has 4 saturated heterocycles. The van der Waals surface area contributed by atoms with E-state index in [2.05, 4.69) is 33.1 Å². The maximum absolute atomic E-state index is 14.6. The van der Waals surface area contributed by atoms with E-state index >= 15 is 0 Å². The average molecular weight is 1170 g/mol. The SMILES string of the molecule is CN1CC[C@H]2CC[C@@H](C(=O)N[C@@H](CCC(N)=O)C(=O)N[C@@H](CC3CCCCC3)C(=O)N3CCC(CCC#Cc4cccc5c4CN(C4CCC(=O)NC4=O)C5=O)CC3)N2C(=O)[C@@H](NC(=O)c2cc3cc(C(F)(F)P(=O)(O)O)ccc3s2)C1. The van der Waals surface area contributed by atoms with E-state index < -0.39 is 90.5 Å². The van der Waals surface area contributed by atoms with Gasteiger partial charge in [-0.25, -0.2) is 0 Å². The van der Waals surface area contributed by atoms with Gasteiger partial charge in [0.1, 0.15) is 30.2 Å². The van der Waals surface area contributed by atoms with Crippen LogP contribution in [0.4, 0.5) is 8.78 Å². The quantitative estimate of drug-likeness (QED) is 0.0573. The van der Waals surface area contributed by atoms with E-state index in [1.807, 2.05) is 11.0 Å². The molecule has 1 aliphatic carbocycles. The summed E-state index contributed by atoms with van der Waals surface area (Å²) in [4.78, 5) is 147. The van der Waals surface area contributed by atoms with Crippen molar-refractivity contribution in [2.24, 2.45) is 17.6 Å². The third kappa shape index (κ3) is 13.6. The van der Waals surface area contributed by atoms with Gasteiger partial charge >= 0.3 is 13.3 Å². The van der Waals surface area contributed by atoms with E-state index in [9.17, 15) is 66.3 Å². The number of alkyl halides is 2. The van der Waals surface area contributed by atoms with Crippen LogP contribution in [-0.4, -0.2) is 152 Å². The number of hydrogen-bond acceptors (Lipinski definition) is 12. The standard InChI is InChI=1S/C57H70F2N9O12PS/c1-65-25-24-38-15-17-45(68(38)56(77)43(32-65)63-53(74)47-30-36-29-37(14-19-46(36)82-47)57(58,59)81(78,79)80)52(73)61-41(16-20-48(60)69)50(71)62-42(28-34-9-3-2-4-10-34)55(76)66-26-22-33(23-27-66)8-5-6-11-35-12-7-13-39-40(35)31-67(54(39)75)44-18-21-49(70)64-51(44)72/h7,12-14,19,29-30,33-34,38,41-45H,2-5,8-10,15-18,20-28,31-32H2,1H3,(H2,60,69)(H,61,73)(H,62,71)(H,63,74)(H,64,70,72)(H2,78,79,80)/t38-,41+,42+,43+,44?,45+/m1/s1. The normalized spacial score (nSPS) is 23.0. The first-order chi connectivity index (χ1) is 39.1. The zero-order valence-corrected chi connectivity index (χ0v) is 47.4. The van der Waals surface area contributed by atoms with Gasteiger partial charge in [-0.15, -0.1) is 11.3 Å². The number of imide groups is 1. The Morgan fingerprint density at radius 2 is 1.66 bits per heavy atom. The first-order valence-electron chi connectivity index (χ1n) is 28.3. The number of rotatable bonds is 17. The molecule has 9 amide bonds. The highest BCUT2D eigenvalue weighted by atomic mass is 32.1. The van der Waals surface area contributed by atoms with E-state index in [1.54, 1.807) is 24.1 Å². The van der Waals surface area contributed by atoms with Gasteiger partial charge in [0, 0.05) is 72.9 Å². The van der Waals surface area contributed by atoms with Crippen molar-refractivity contribution in [2.75, 3.05) is 33.2 Å². The van der Waals surface area contributed by atoms with Crippen molar-refractivity contribution in [1.82, 2.24) is 40.9 Å². The molecule has 25 heteroatoms. The van der Waals surface area contributed by atoms with Gasteiger partial charge < -0.3 is 51.1 Å². The zero-order chi connectivity index (χ0) is 58.6. The predicted octanol–water partition coefficient (Wildman–Crippen LogP) is 3.96. The van der Waals surface area contributed by atoms with Crippen LogP contribution >= 0.6 is 18.9 Å². The Bertz CT molecular complexity index is 3130. The number of amides is 9. The number of nitrogens with one attached hydrogen (secondary N) is 4. The molecule has 0 spiro atoms. The minimum atomic E-state index is -5.86. The Labute approximate surface area is 477 Å². The number of nitrogens with two attached hydrogens (primary N) is 1. The van der Waals surface area contributed by atoms with Crippen LogP contribution in [0, 0.1) is 23.7 Å². The maximum Gasteiger partial charge on any atom is 0.399 e. The maximum atomic E-state index is 14.6. The number of thiophene rings is 1. The second kappa shape index (κ2) is 25.5. The molecule has 6 atom stereocenters. The van der Waals surface area contributed by atoms with Crippen molar-refractivity contribution >= 4 is 82.2 Å². The number of piperidine rings is 2. The van der Waals surface area contributed by atoms with Crippen molar-refractivity contribution in [2.45, 2.75) is 158 Å². The Morgan fingerprint density at radius 1 is 0.902 bits per heavy atom. The summed E-state index contributed by atoms with van der Waals surface area (Å²) in [6.07, 6.45) is 9.15. The molecule has 21 nitrogen and oxygen atoms in total. The van der Waals surface area contributed by atoms with E-state index in [4.69, 9.17) is 5.73 Å². The van der Waals surface area contributed by atoms with E-state index in [0.717, 1.165) is 67.6 Å². The van der Waals surface area contributed by atoms with Gasteiger partial charge in [0.25, 0.3) is 11.8 Å². The number of fused-ring (bicyclic) bond motifs is 3. The first-order valence-corrected chi connectivity index (χ1v) is 30.7. The fourth-order valence-electron chi connectivity index (χ4n) is 12.5. The molecule has 1 saturated carbocycles. The third-order valence-corrected chi connectivity index (χ3v) is 19.2. The molecule has 2 aromatic carbocycles. The first kappa shape index (κ1) is 60.0. The fraction of sp³-hybridized carbons (Fsp3) is 0.561. The molecule has 440 valence electrons. The third-order valence-electron chi connectivity index (χ3n) is 17.1. The smallest absolute Gasteiger partial charge is 0.370 e. The summed E-state index contributed by atoms with van der Waals surface area (Å²) in [5, 5.41) is 11.0. The van der Waals surface area contributed by atoms with Crippen molar-refractivity contribution in [3.05, 3.63) is 69.6 Å². The van der Waals surface area contributed by atoms with Gasteiger partial charge in [-0.3, -0.25) is 53.0 Å². The van der Waals surface area contributed by atoms with Gasteiger partial charge in [-0.05, 0) is 124 Å². The molecule has 0 bridgehead atoms. The zero-order valence-electron chi connectivity index (χ0n) is 45.7. The van der Waals surface area contributed by atoms with Crippen LogP contribution in [0.25, 0.3) is 10.1 Å². The number of hydrogen-bond donors (Lipinski definition) is 7. The number of benzene rings is 2. The largest absolute Gasteiger partial charge is 0.399 e. The van der Waals surface area contributed by atoms with Gasteiger partial charge in [-0.2, -0.15) is 8.78 Å². The molecule has 9 rings (SSSR count). The number of carbonyl (C=O) groups is 9. The van der Waals surface area contributed by atoms with Gasteiger partial charge in [0.2, 0.25) is 41.4 Å². The predicted molar refractivity (Wildman–Crippen MR) is 296 cm³/mol. The molecule has 1 unspecified atom stereocenters. The minimum absolute atomic E-state index is 0.0417. The Morgan fingerprint density at radius 3 is 2.38 bits per heavy atom. The molecule has 5 aliphatic heterocycles. The van der Waals surface area contributed by atoms with E-state index in [-0.39, 0.29) is 85.0 Å². The fourth-order valence-corrected chi connectivity index (χ4v) is 13.9. The molecule has 8 N–H and O–H groups in total. The lowest BCUT2D eigenvalue weighted by molar-refractivity contribution is -0.144. The highest BCUT2D eigenvalue weighted by Crippen LogP contribution is 2.59. The van der Waals surface area contributed by atoms with Crippen molar-refractivity contribution < 1.29 is 66.3 Å². The van der Waals surface area contributed by atoms with Crippen LogP contribution in [0.5, 0.6) is 0 Å². The molecule has 82 heavy (non-hydrogen) atoms.